The summed E-state index contributed by atoms with van der Waals surface area (Å²) in [5.74, 6) is -1.69. The standard InChI is InChI=1S/C28H24ClNO7/c1-4-37-28(34)16-8-11-19(12-9-16)30-24(17-6-5-7-20(14-17)35-2)23(26(32)27(30)33)25(31)18-10-13-22(36-3)21(29)15-18/h5-15,24,31H,4H2,1-3H3/b25-23-. The van der Waals surface area contributed by atoms with Crippen LogP contribution >= 0.6 is 11.6 Å². The number of Topliss-reactive ketones (excluding diaryl/α,β-unsaturated/α-hetero) is 1. The Kier molecular flexibility index (Phi) is 7.50. The molecular formula is C28H24ClNO7. The molecular weight excluding hydrogens is 498 g/mol. The number of carbonyl (C=O) groups is 3. The van der Waals surface area contributed by atoms with Crippen molar-refractivity contribution in [3.8, 4) is 11.5 Å². The van der Waals surface area contributed by atoms with Gasteiger partial charge in [-0.1, -0.05) is 23.7 Å². The first-order chi connectivity index (χ1) is 17.8. The number of benzene rings is 3. The van der Waals surface area contributed by atoms with Crippen LogP contribution in [0.3, 0.4) is 0 Å². The number of esters is 1. The molecule has 1 amide bonds. The monoisotopic (exact) mass is 521 g/mol. The molecule has 190 valence electrons. The van der Waals surface area contributed by atoms with E-state index < -0.39 is 23.7 Å². The van der Waals surface area contributed by atoms with Crippen LogP contribution in [0.1, 0.15) is 34.5 Å². The number of anilines is 1. The number of hydrogen-bond donors (Lipinski definition) is 1. The van der Waals surface area contributed by atoms with Gasteiger partial charge in [0.2, 0.25) is 0 Å². The fourth-order valence-electron chi connectivity index (χ4n) is 4.17. The van der Waals surface area contributed by atoms with E-state index >= 15 is 0 Å². The molecule has 0 aromatic heterocycles. The van der Waals surface area contributed by atoms with Crippen LogP contribution in [-0.2, 0) is 14.3 Å². The number of ketones is 1. The van der Waals surface area contributed by atoms with E-state index in [1.807, 2.05) is 0 Å². The summed E-state index contributed by atoms with van der Waals surface area (Å²) in [4.78, 5) is 40.1. The summed E-state index contributed by atoms with van der Waals surface area (Å²) in [5, 5.41) is 11.5. The van der Waals surface area contributed by atoms with E-state index in [9.17, 15) is 19.5 Å². The first kappa shape index (κ1) is 25.8. The SMILES string of the molecule is CCOC(=O)c1ccc(N2C(=O)C(=O)/C(=C(\O)c3ccc(OC)c(Cl)c3)C2c2cccc(OC)c2)cc1. The third-order valence-corrected chi connectivity index (χ3v) is 6.23. The normalized spacial score (nSPS) is 16.5. The average Bonchev–Trinajstić information content (AvgIpc) is 3.18. The number of rotatable bonds is 7. The van der Waals surface area contributed by atoms with Gasteiger partial charge in [-0.25, -0.2) is 4.79 Å². The van der Waals surface area contributed by atoms with Gasteiger partial charge in [0.25, 0.3) is 11.7 Å². The second kappa shape index (κ2) is 10.8. The number of aliphatic hydroxyl groups excluding tert-OH is 1. The summed E-state index contributed by atoms with van der Waals surface area (Å²) in [6.45, 7) is 1.93. The highest BCUT2D eigenvalue weighted by Crippen LogP contribution is 2.43. The van der Waals surface area contributed by atoms with Crippen LogP contribution in [0.25, 0.3) is 5.76 Å². The van der Waals surface area contributed by atoms with Crippen LogP contribution in [-0.4, -0.2) is 43.6 Å². The quantitative estimate of drug-likeness (QED) is 0.198. The molecule has 0 aliphatic carbocycles. The molecule has 1 fully saturated rings. The van der Waals surface area contributed by atoms with Crippen molar-refractivity contribution >= 4 is 40.7 Å². The molecule has 0 spiro atoms. The van der Waals surface area contributed by atoms with E-state index in [0.717, 1.165) is 0 Å². The van der Waals surface area contributed by atoms with Gasteiger partial charge in [-0.3, -0.25) is 14.5 Å². The first-order valence-corrected chi connectivity index (χ1v) is 11.7. The molecule has 9 heteroatoms. The Morgan fingerprint density at radius 2 is 1.68 bits per heavy atom. The predicted octanol–water partition coefficient (Wildman–Crippen LogP) is 5.16. The Morgan fingerprint density at radius 3 is 2.30 bits per heavy atom. The molecule has 1 unspecified atom stereocenters. The van der Waals surface area contributed by atoms with Crippen LogP contribution < -0.4 is 14.4 Å². The van der Waals surface area contributed by atoms with Gasteiger partial charge in [-0.2, -0.15) is 0 Å². The highest BCUT2D eigenvalue weighted by molar-refractivity contribution is 6.51. The fraction of sp³-hybridized carbons (Fsp3) is 0.179. The minimum atomic E-state index is -0.982. The molecule has 1 saturated heterocycles. The van der Waals surface area contributed by atoms with Crippen molar-refractivity contribution in [3.05, 3.63) is 94.0 Å². The smallest absolute Gasteiger partial charge is 0.338 e. The second-order valence-corrected chi connectivity index (χ2v) is 8.47. The van der Waals surface area contributed by atoms with Gasteiger partial charge in [0.1, 0.15) is 17.3 Å². The van der Waals surface area contributed by atoms with Crippen molar-refractivity contribution < 1.29 is 33.7 Å². The number of halogens is 1. The molecule has 0 saturated carbocycles. The van der Waals surface area contributed by atoms with E-state index in [1.54, 1.807) is 55.5 Å². The van der Waals surface area contributed by atoms with Crippen molar-refractivity contribution in [2.45, 2.75) is 13.0 Å². The molecule has 8 nitrogen and oxygen atoms in total. The largest absolute Gasteiger partial charge is 0.507 e. The summed E-state index contributed by atoms with van der Waals surface area (Å²) < 4.78 is 15.5. The number of ether oxygens (including phenoxy) is 3. The Hall–Kier alpha value is -4.30. The average molecular weight is 522 g/mol. The van der Waals surface area contributed by atoms with E-state index in [4.69, 9.17) is 25.8 Å². The Balaban J connectivity index is 1.88. The lowest BCUT2D eigenvalue weighted by Gasteiger charge is -2.26. The van der Waals surface area contributed by atoms with Crippen molar-refractivity contribution in [2.75, 3.05) is 25.7 Å². The maximum Gasteiger partial charge on any atom is 0.338 e. The van der Waals surface area contributed by atoms with Crippen LogP contribution in [0, 0.1) is 0 Å². The molecule has 3 aromatic carbocycles. The molecule has 3 aromatic rings. The van der Waals surface area contributed by atoms with Gasteiger partial charge in [0.15, 0.2) is 0 Å². The van der Waals surface area contributed by atoms with Crippen molar-refractivity contribution in [3.63, 3.8) is 0 Å². The number of aliphatic hydroxyl groups is 1. The highest BCUT2D eigenvalue weighted by Gasteiger charge is 2.47. The predicted molar refractivity (Wildman–Crippen MR) is 138 cm³/mol. The van der Waals surface area contributed by atoms with E-state index in [2.05, 4.69) is 0 Å². The molecule has 4 rings (SSSR count). The Bertz CT molecular complexity index is 1400. The van der Waals surface area contributed by atoms with Crippen LogP contribution in [0.5, 0.6) is 11.5 Å². The van der Waals surface area contributed by atoms with Crippen molar-refractivity contribution in [1.82, 2.24) is 0 Å². The van der Waals surface area contributed by atoms with E-state index in [0.29, 0.717) is 28.3 Å². The summed E-state index contributed by atoms with van der Waals surface area (Å²) in [5.41, 5.74) is 1.32. The summed E-state index contributed by atoms with van der Waals surface area (Å²) in [6.07, 6.45) is 0. The summed E-state index contributed by atoms with van der Waals surface area (Å²) >= 11 is 6.25. The van der Waals surface area contributed by atoms with Crippen LogP contribution in [0.4, 0.5) is 5.69 Å². The molecule has 1 aliphatic rings. The third kappa shape index (κ3) is 4.88. The minimum absolute atomic E-state index is 0.117. The lowest BCUT2D eigenvalue weighted by atomic mass is 9.95. The maximum atomic E-state index is 13.3. The Labute approximate surface area is 218 Å². The van der Waals surface area contributed by atoms with Gasteiger partial charge < -0.3 is 19.3 Å². The molecule has 0 radical (unpaired) electrons. The second-order valence-electron chi connectivity index (χ2n) is 8.06. The van der Waals surface area contributed by atoms with Crippen LogP contribution in [0.2, 0.25) is 5.02 Å². The topological polar surface area (TPSA) is 102 Å². The lowest BCUT2D eigenvalue weighted by molar-refractivity contribution is -0.132. The summed E-state index contributed by atoms with van der Waals surface area (Å²) in [6, 6.07) is 16.6. The number of nitrogens with zero attached hydrogens (tertiary/aromatic N) is 1. The zero-order valence-electron chi connectivity index (χ0n) is 20.4. The zero-order chi connectivity index (χ0) is 26.7. The third-order valence-electron chi connectivity index (χ3n) is 5.94. The molecule has 0 bridgehead atoms. The molecule has 1 heterocycles. The fourth-order valence-corrected chi connectivity index (χ4v) is 4.43. The van der Waals surface area contributed by atoms with Crippen LogP contribution in [0.15, 0.2) is 72.3 Å². The number of methoxy groups -OCH3 is 2. The Morgan fingerprint density at radius 1 is 0.973 bits per heavy atom. The number of carbonyl (C=O) groups excluding carboxylic acids is 3. The first-order valence-electron chi connectivity index (χ1n) is 11.4. The van der Waals surface area contributed by atoms with Gasteiger partial charge in [0.05, 0.1) is 43.0 Å². The minimum Gasteiger partial charge on any atom is -0.507 e. The highest BCUT2D eigenvalue weighted by atomic mass is 35.5. The van der Waals surface area contributed by atoms with Gasteiger partial charge in [0, 0.05) is 11.3 Å². The van der Waals surface area contributed by atoms with Gasteiger partial charge >= 0.3 is 5.97 Å². The molecule has 1 aliphatic heterocycles. The summed E-state index contributed by atoms with van der Waals surface area (Å²) in [7, 11) is 2.96. The van der Waals surface area contributed by atoms with Crippen molar-refractivity contribution in [1.29, 1.82) is 0 Å². The van der Waals surface area contributed by atoms with E-state index in [-0.39, 0.29) is 28.5 Å². The number of amides is 1. The number of hydrogen-bond acceptors (Lipinski definition) is 7. The van der Waals surface area contributed by atoms with Gasteiger partial charge in [-0.05, 0) is 67.1 Å². The molecule has 37 heavy (non-hydrogen) atoms. The lowest BCUT2D eigenvalue weighted by Crippen LogP contribution is -2.29. The van der Waals surface area contributed by atoms with Gasteiger partial charge in [-0.15, -0.1) is 0 Å². The van der Waals surface area contributed by atoms with Crippen molar-refractivity contribution in [2.24, 2.45) is 0 Å². The molecule has 1 atom stereocenters. The maximum absolute atomic E-state index is 13.3. The molecule has 1 N–H and O–H groups in total. The zero-order valence-corrected chi connectivity index (χ0v) is 21.1. The van der Waals surface area contributed by atoms with E-state index in [1.165, 1.54) is 37.3 Å².